The van der Waals surface area contributed by atoms with Crippen molar-refractivity contribution in [2.75, 3.05) is 45.0 Å². The van der Waals surface area contributed by atoms with Gasteiger partial charge in [-0.25, -0.2) is 8.42 Å². The smallest absolute Gasteiger partial charge is 0.243 e. The first-order valence-corrected chi connectivity index (χ1v) is 11.3. The van der Waals surface area contributed by atoms with E-state index in [4.69, 9.17) is 5.73 Å². The molecule has 1 aliphatic carbocycles. The number of carbonyl (C=O) groups is 1. The standard InChI is InChI=1S/C19H28N4O3S/c20-16-5-7-18(8-6-16)27(25,26)23-13-15(14-23)19(24)22-10-2-9-21(11-12-22)17-3-1-4-17/h5-8,15,17H,1-4,9-14,20H2. The van der Waals surface area contributed by atoms with Gasteiger partial charge in [-0.1, -0.05) is 6.42 Å². The van der Waals surface area contributed by atoms with Crippen molar-refractivity contribution in [3.8, 4) is 0 Å². The van der Waals surface area contributed by atoms with Crippen LogP contribution < -0.4 is 5.73 Å². The summed E-state index contributed by atoms with van der Waals surface area (Å²) in [6, 6.07) is 6.91. The van der Waals surface area contributed by atoms with E-state index < -0.39 is 10.0 Å². The average Bonchev–Trinajstić information content (AvgIpc) is 2.78. The van der Waals surface area contributed by atoms with Crippen LogP contribution in [0.2, 0.25) is 0 Å². The minimum atomic E-state index is -3.54. The maximum Gasteiger partial charge on any atom is 0.243 e. The number of nitrogens with zero attached hydrogens (tertiary/aromatic N) is 3. The van der Waals surface area contributed by atoms with Crippen molar-refractivity contribution >= 4 is 21.6 Å². The lowest BCUT2D eigenvalue weighted by Crippen LogP contribution is -2.56. The lowest BCUT2D eigenvalue weighted by Gasteiger charge is -2.39. The van der Waals surface area contributed by atoms with Crippen molar-refractivity contribution in [2.45, 2.75) is 36.6 Å². The highest BCUT2D eigenvalue weighted by molar-refractivity contribution is 7.89. The number of amides is 1. The fourth-order valence-electron chi connectivity index (χ4n) is 4.11. The topological polar surface area (TPSA) is 86.9 Å². The number of nitrogen functional groups attached to an aromatic ring is 1. The van der Waals surface area contributed by atoms with E-state index in [1.54, 1.807) is 12.1 Å². The number of anilines is 1. The molecule has 3 aliphatic rings. The molecule has 3 fully saturated rings. The number of hydrogen-bond donors (Lipinski definition) is 1. The minimum absolute atomic E-state index is 0.106. The average molecular weight is 393 g/mol. The van der Waals surface area contributed by atoms with Gasteiger partial charge in [0.05, 0.1) is 10.8 Å². The van der Waals surface area contributed by atoms with Crippen LogP contribution >= 0.6 is 0 Å². The van der Waals surface area contributed by atoms with Crippen molar-refractivity contribution in [2.24, 2.45) is 5.92 Å². The quantitative estimate of drug-likeness (QED) is 0.772. The van der Waals surface area contributed by atoms with Crippen molar-refractivity contribution in [3.63, 3.8) is 0 Å². The summed E-state index contributed by atoms with van der Waals surface area (Å²) in [5.74, 6) is -0.113. The highest BCUT2D eigenvalue weighted by Crippen LogP contribution is 2.28. The van der Waals surface area contributed by atoms with Gasteiger partial charge >= 0.3 is 0 Å². The van der Waals surface area contributed by atoms with Crippen molar-refractivity contribution in [1.29, 1.82) is 0 Å². The van der Waals surface area contributed by atoms with Gasteiger partial charge in [-0.3, -0.25) is 9.69 Å². The van der Waals surface area contributed by atoms with E-state index in [0.717, 1.165) is 32.6 Å². The molecular formula is C19H28N4O3S. The molecule has 0 radical (unpaired) electrons. The molecule has 7 nitrogen and oxygen atoms in total. The molecule has 27 heavy (non-hydrogen) atoms. The fourth-order valence-corrected chi connectivity index (χ4v) is 5.64. The molecule has 0 bridgehead atoms. The Hall–Kier alpha value is -1.64. The molecule has 2 N–H and O–H groups in total. The second kappa shape index (κ2) is 7.41. The number of carbonyl (C=O) groups excluding carboxylic acids is 1. The van der Waals surface area contributed by atoms with Crippen LogP contribution in [-0.2, 0) is 14.8 Å². The van der Waals surface area contributed by atoms with E-state index in [2.05, 4.69) is 4.90 Å². The zero-order valence-electron chi connectivity index (χ0n) is 15.6. The highest BCUT2D eigenvalue weighted by Gasteiger charge is 2.42. The summed E-state index contributed by atoms with van der Waals surface area (Å²) in [5, 5.41) is 0. The van der Waals surface area contributed by atoms with Crippen LogP contribution in [0.1, 0.15) is 25.7 Å². The van der Waals surface area contributed by atoms with E-state index in [9.17, 15) is 13.2 Å². The summed E-state index contributed by atoms with van der Waals surface area (Å²) >= 11 is 0. The molecule has 8 heteroatoms. The Morgan fingerprint density at radius 1 is 0.963 bits per heavy atom. The van der Waals surface area contributed by atoms with Gasteiger partial charge in [-0.15, -0.1) is 0 Å². The van der Waals surface area contributed by atoms with Gasteiger partial charge in [0.25, 0.3) is 0 Å². The molecule has 148 valence electrons. The Morgan fingerprint density at radius 3 is 2.30 bits per heavy atom. The Bertz CT molecular complexity index is 786. The monoisotopic (exact) mass is 392 g/mol. The first kappa shape index (κ1) is 18.7. The predicted molar refractivity (Wildman–Crippen MR) is 104 cm³/mol. The van der Waals surface area contributed by atoms with Crippen molar-refractivity contribution in [1.82, 2.24) is 14.1 Å². The zero-order chi connectivity index (χ0) is 19.0. The molecule has 0 aromatic heterocycles. The van der Waals surface area contributed by atoms with E-state index in [1.807, 2.05) is 4.90 Å². The number of hydrogen-bond acceptors (Lipinski definition) is 5. The molecule has 0 spiro atoms. The molecule has 1 saturated carbocycles. The lowest BCUT2D eigenvalue weighted by molar-refractivity contribution is -0.138. The van der Waals surface area contributed by atoms with Crippen LogP contribution in [0, 0.1) is 5.92 Å². The molecule has 0 unspecified atom stereocenters. The van der Waals surface area contributed by atoms with Gasteiger partial charge in [-0.05, 0) is 43.5 Å². The molecule has 0 atom stereocenters. The van der Waals surface area contributed by atoms with Crippen LogP contribution in [0.4, 0.5) is 5.69 Å². The summed E-state index contributed by atoms with van der Waals surface area (Å²) in [7, 11) is -3.54. The van der Waals surface area contributed by atoms with Gasteiger partial charge in [0.2, 0.25) is 15.9 Å². The normalized spacial score (nSPS) is 23.5. The largest absolute Gasteiger partial charge is 0.399 e. The highest BCUT2D eigenvalue weighted by atomic mass is 32.2. The number of benzene rings is 1. The van der Waals surface area contributed by atoms with Crippen LogP contribution in [0.15, 0.2) is 29.2 Å². The van der Waals surface area contributed by atoms with Crippen molar-refractivity contribution in [3.05, 3.63) is 24.3 Å². The van der Waals surface area contributed by atoms with Gasteiger partial charge < -0.3 is 10.6 Å². The first-order chi connectivity index (χ1) is 12.9. The Labute approximate surface area is 161 Å². The molecule has 2 saturated heterocycles. The molecule has 1 amide bonds. The summed E-state index contributed by atoms with van der Waals surface area (Å²) in [5.41, 5.74) is 6.16. The Kier molecular flexibility index (Phi) is 5.13. The second-order valence-corrected chi connectivity index (χ2v) is 9.83. The first-order valence-electron chi connectivity index (χ1n) is 9.84. The molecule has 1 aromatic rings. The second-order valence-electron chi connectivity index (χ2n) is 7.89. The number of nitrogens with two attached hydrogens (primary N) is 1. The number of rotatable bonds is 4. The van der Waals surface area contributed by atoms with Crippen LogP contribution in [0.25, 0.3) is 0 Å². The third kappa shape index (κ3) is 3.70. The summed E-state index contributed by atoms with van der Waals surface area (Å²) in [6.45, 7) is 4.09. The number of sulfonamides is 1. The van der Waals surface area contributed by atoms with E-state index in [0.29, 0.717) is 11.7 Å². The van der Waals surface area contributed by atoms with Crippen LogP contribution in [-0.4, -0.2) is 73.7 Å². The predicted octanol–water partition coefficient (Wildman–Crippen LogP) is 0.976. The van der Waals surface area contributed by atoms with Gasteiger partial charge in [0.1, 0.15) is 0 Å². The van der Waals surface area contributed by atoms with Crippen LogP contribution in [0.5, 0.6) is 0 Å². The maximum absolute atomic E-state index is 12.8. The fraction of sp³-hybridized carbons (Fsp3) is 0.632. The van der Waals surface area contributed by atoms with E-state index in [1.165, 1.54) is 35.7 Å². The molecule has 1 aromatic carbocycles. The SMILES string of the molecule is Nc1ccc(S(=O)(=O)N2CC(C(=O)N3CCCN(C4CCC4)CC3)C2)cc1. The third-order valence-electron chi connectivity index (χ3n) is 6.15. The summed E-state index contributed by atoms with van der Waals surface area (Å²) in [6.07, 6.45) is 4.90. The van der Waals surface area contributed by atoms with Crippen LogP contribution in [0.3, 0.4) is 0 Å². The lowest BCUT2D eigenvalue weighted by atomic mass is 9.91. The zero-order valence-corrected chi connectivity index (χ0v) is 16.4. The molecular weight excluding hydrogens is 364 g/mol. The van der Waals surface area contributed by atoms with Gasteiger partial charge in [-0.2, -0.15) is 4.31 Å². The molecule has 4 rings (SSSR count). The minimum Gasteiger partial charge on any atom is -0.399 e. The van der Waals surface area contributed by atoms with Gasteiger partial charge in [0, 0.05) is 51.0 Å². The van der Waals surface area contributed by atoms with Gasteiger partial charge in [0.15, 0.2) is 0 Å². The van der Waals surface area contributed by atoms with Crippen molar-refractivity contribution < 1.29 is 13.2 Å². The Balaban J connectivity index is 1.32. The van der Waals surface area contributed by atoms with E-state index in [-0.39, 0.29) is 29.8 Å². The summed E-state index contributed by atoms with van der Waals surface area (Å²) < 4.78 is 26.7. The molecule has 2 heterocycles. The summed E-state index contributed by atoms with van der Waals surface area (Å²) in [4.78, 5) is 17.5. The molecule has 2 aliphatic heterocycles. The third-order valence-corrected chi connectivity index (χ3v) is 7.99. The maximum atomic E-state index is 12.8. The van der Waals surface area contributed by atoms with E-state index >= 15 is 0 Å². The Morgan fingerprint density at radius 2 is 1.67 bits per heavy atom.